The Hall–Kier alpha value is -1.92. The van der Waals surface area contributed by atoms with Gasteiger partial charge in [-0.1, -0.05) is 23.7 Å². The summed E-state index contributed by atoms with van der Waals surface area (Å²) in [5.74, 6) is -2.19. The Bertz CT molecular complexity index is 831. The van der Waals surface area contributed by atoms with Crippen LogP contribution in [0.25, 0.3) is 0 Å². The summed E-state index contributed by atoms with van der Waals surface area (Å²) in [5, 5.41) is 6.48. The van der Waals surface area contributed by atoms with Gasteiger partial charge in [0.15, 0.2) is 0 Å². The molecule has 0 aromatic heterocycles. The number of hydrogen-bond acceptors (Lipinski definition) is 4. The zero-order valence-corrected chi connectivity index (χ0v) is 15.3. The molecule has 25 heavy (non-hydrogen) atoms. The van der Waals surface area contributed by atoms with Gasteiger partial charge in [-0.3, -0.25) is 24.6 Å². The molecule has 132 valence electrons. The highest BCUT2D eigenvalue weighted by Crippen LogP contribution is 2.54. The summed E-state index contributed by atoms with van der Waals surface area (Å²) >= 11 is 6.24. The first kappa shape index (κ1) is 16.5. The van der Waals surface area contributed by atoms with Crippen molar-refractivity contribution in [2.45, 2.75) is 44.8 Å². The van der Waals surface area contributed by atoms with Crippen LogP contribution in [-0.2, 0) is 19.9 Å². The number of para-hydroxylation sites is 1. The fraction of sp³-hybridized carbons (Fsp3) is 0.500. The molecule has 3 aliphatic rings. The number of fused-ring (bicyclic) bond motifs is 4. The number of benzene rings is 1. The molecule has 0 radical (unpaired) electrons. The number of amides is 3. The van der Waals surface area contributed by atoms with E-state index in [0.717, 1.165) is 0 Å². The highest BCUT2D eigenvalue weighted by Gasteiger charge is 2.70. The minimum atomic E-state index is -1.25. The van der Waals surface area contributed by atoms with Crippen LogP contribution in [0, 0.1) is 11.8 Å². The Morgan fingerprint density at radius 3 is 2.48 bits per heavy atom. The van der Waals surface area contributed by atoms with Crippen LogP contribution in [0.5, 0.6) is 0 Å². The molecule has 1 aromatic carbocycles. The highest BCUT2D eigenvalue weighted by atomic mass is 35.5. The normalized spacial score (nSPS) is 33.9. The molecular weight excluding hydrogens is 342 g/mol. The van der Waals surface area contributed by atoms with Crippen molar-refractivity contribution in [1.29, 1.82) is 0 Å². The van der Waals surface area contributed by atoms with Gasteiger partial charge in [-0.25, -0.2) is 0 Å². The molecule has 4 rings (SSSR count). The number of nitrogens with one attached hydrogen (secondary N) is 2. The molecule has 0 bridgehead atoms. The van der Waals surface area contributed by atoms with Crippen molar-refractivity contribution in [3.05, 3.63) is 28.8 Å². The van der Waals surface area contributed by atoms with E-state index in [9.17, 15) is 14.4 Å². The quantitative estimate of drug-likeness (QED) is 0.691. The highest BCUT2D eigenvalue weighted by molar-refractivity contribution is 6.35. The van der Waals surface area contributed by atoms with Gasteiger partial charge >= 0.3 is 0 Å². The van der Waals surface area contributed by atoms with Crippen LogP contribution in [-0.4, -0.2) is 34.2 Å². The molecular formula is C18H20ClN3O3. The fourth-order valence-electron chi connectivity index (χ4n) is 4.62. The summed E-state index contributed by atoms with van der Waals surface area (Å²) in [4.78, 5) is 40.5. The molecule has 1 aromatic rings. The summed E-state index contributed by atoms with van der Waals surface area (Å²) in [6.07, 6.45) is 0. The van der Waals surface area contributed by atoms with Gasteiger partial charge in [-0.2, -0.15) is 0 Å². The second-order valence-electron chi connectivity index (χ2n) is 8.04. The Labute approximate surface area is 150 Å². The summed E-state index contributed by atoms with van der Waals surface area (Å²) in [6, 6.07) is 4.94. The largest absolute Gasteiger partial charge is 0.323 e. The van der Waals surface area contributed by atoms with E-state index in [1.165, 1.54) is 4.90 Å². The molecule has 3 aliphatic heterocycles. The second kappa shape index (κ2) is 4.83. The molecule has 6 nitrogen and oxygen atoms in total. The number of halogens is 1. The molecule has 4 atom stereocenters. The first-order chi connectivity index (χ1) is 11.6. The average Bonchev–Trinajstić information content (AvgIpc) is 3.05. The van der Waals surface area contributed by atoms with Crippen LogP contribution in [0.15, 0.2) is 18.2 Å². The van der Waals surface area contributed by atoms with Crippen molar-refractivity contribution in [3.8, 4) is 0 Å². The van der Waals surface area contributed by atoms with Gasteiger partial charge < -0.3 is 5.32 Å². The van der Waals surface area contributed by atoms with Gasteiger partial charge in [-0.05, 0) is 33.8 Å². The maximum Gasteiger partial charge on any atom is 0.250 e. The van der Waals surface area contributed by atoms with Crippen LogP contribution < -0.4 is 10.6 Å². The predicted molar refractivity (Wildman–Crippen MR) is 92.9 cm³/mol. The summed E-state index contributed by atoms with van der Waals surface area (Å²) in [7, 11) is 0. The van der Waals surface area contributed by atoms with Gasteiger partial charge in [0, 0.05) is 17.1 Å². The molecule has 3 amide bonds. The van der Waals surface area contributed by atoms with E-state index in [2.05, 4.69) is 10.6 Å². The van der Waals surface area contributed by atoms with E-state index in [0.29, 0.717) is 16.3 Å². The number of anilines is 1. The average molecular weight is 362 g/mol. The van der Waals surface area contributed by atoms with Crippen LogP contribution in [0.1, 0.15) is 33.3 Å². The molecule has 0 aliphatic carbocycles. The summed E-state index contributed by atoms with van der Waals surface area (Å²) in [6.45, 7) is 7.33. The zero-order valence-electron chi connectivity index (χ0n) is 14.5. The molecule has 2 fully saturated rings. The minimum Gasteiger partial charge on any atom is -0.323 e. The maximum atomic E-state index is 13.2. The van der Waals surface area contributed by atoms with E-state index in [1.54, 1.807) is 18.2 Å². The molecule has 3 heterocycles. The Morgan fingerprint density at radius 2 is 1.84 bits per heavy atom. The van der Waals surface area contributed by atoms with E-state index in [4.69, 9.17) is 11.6 Å². The minimum absolute atomic E-state index is 0.220. The van der Waals surface area contributed by atoms with Crippen molar-refractivity contribution in [1.82, 2.24) is 10.2 Å². The zero-order chi connectivity index (χ0) is 18.3. The van der Waals surface area contributed by atoms with Crippen molar-refractivity contribution >= 4 is 35.0 Å². The second-order valence-corrected chi connectivity index (χ2v) is 8.45. The lowest BCUT2D eigenvalue weighted by molar-refractivity contribution is -0.147. The number of hydrogen-bond donors (Lipinski definition) is 2. The smallest absolute Gasteiger partial charge is 0.250 e. The lowest BCUT2D eigenvalue weighted by Crippen LogP contribution is -2.55. The van der Waals surface area contributed by atoms with Crippen molar-refractivity contribution in [2.24, 2.45) is 11.8 Å². The summed E-state index contributed by atoms with van der Waals surface area (Å²) < 4.78 is 0. The van der Waals surface area contributed by atoms with E-state index in [-0.39, 0.29) is 23.8 Å². The Balaban J connectivity index is 1.93. The fourth-order valence-corrected chi connectivity index (χ4v) is 4.84. The molecule has 2 saturated heterocycles. The Morgan fingerprint density at radius 1 is 1.16 bits per heavy atom. The summed E-state index contributed by atoms with van der Waals surface area (Å²) in [5.41, 5.74) is -0.729. The molecule has 7 heteroatoms. The third kappa shape index (κ3) is 1.87. The SMILES string of the molecule is CC1NC2(C(=O)Nc3c(Cl)cccc32)C2C(=O)N(C(C)(C)C)C(=O)C12. The lowest BCUT2D eigenvalue weighted by atomic mass is 9.76. The number of imide groups is 1. The monoisotopic (exact) mass is 361 g/mol. The van der Waals surface area contributed by atoms with Gasteiger partial charge in [0.1, 0.15) is 5.54 Å². The number of likely N-dealkylation sites (tertiary alicyclic amines) is 1. The third-order valence-electron chi connectivity index (χ3n) is 5.52. The van der Waals surface area contributed by atoms with Crippen LogP contribution >= 0.6 is 11.6 Å². The predicted octanol–water partition coefficient (Wildman–Crippen LogP) is 1.88. The number of carbonyl (C=O) groups is 3. The number of nitrogens with zero attached hydrogens (tertiary/aromatic N) is 1. The number of rotatable bonds is 0. The Kier molecular flexibility index (Phi) is 3.19. The molecule has 2 N–H and O–H groups in total. The third-order valence-corrected chi connectivity index (χ3v) is 5.83. The van der Waals surface area contributed by atoms with Crippen molar-refractivity contribution in [2.75, 3.05) is 5.32 Å². The van der Waals surface area contributed by atoms with E-state index in [1.807, 2.05) is 27.7 Å². The van der Waals surface area contributed by atoms with E-state index < -0.39 is 22.9 Å². The maximum absolute atomic E-state index is 13.2. The van der Waals surface area contributed by atoms with Gasteiger partial charge in [0.2, 0.25) is 17.7 Å². The van der Waals surface area contributed by atoms with Gasteiger partial charge in [0.05, 0.1) is 22.5 Å². The van der Waals surface area contributed by atoms with Gasteiger partial charge in [-0.15, -0.1) is 0 Å². The van der Waals surface area contributed by atoms with Crippen LogP contribution in [0.4, 0.5) is 5.69 Å². The molecule has 0 saturated carbocycles. The topological polar surface area (TPSA) is 78.5 Å². The molecule has 1 spiro atoms. The van der Waals surface area contributed by atoms with Gasteiger partial charge in [0.25, 0.3) is 0 Å². The number of carbonyl (C=O) groups excluding carboxylic acids is 3. The first-order valence-electron chi connectivity index (χ1n) is 8.36. The lowest BCUT2D eigenvalue weighted by Gasteiger charge is -2.34. The van der Waals surface area contributed by atoms with Crippen LogP contribution in [0.2, 0.25) is 5.02 Å². The first-order valence-corrected chi connectivity index (χ1v) is 8.74. The van der Waals surface area contributed by atoms with Crippen molar-refractivity contribution in [3.63, 3.8) is 0 Å². The van der Waals surface area contributed by atoms with Crippen LogP contribution in [0.3, 0.4) is 0 Å². The van der Waals surface area contributed by atoms with Crippen molar-refractivity contribution < 1.29 is 14.4 Å². The van der Waals surface area contributed by atoms with E-state index >= 15 is 0 Å². The molecule has 4 unspecified atom stereocenters. The standard InChI is InChI=1S/C18H20ClN3O3/c1-8-11-12(15(24)22(14(11)23)17(2,3)4)18(21-8)9-6-5-7-10(19)13(9)20-16(18)25/h5-8,11-12,21H,1-4H3,(H,20,25).